The number of nitrogens with zero attached hydrogens (tertiary/aromatic N) is 1. The van der Waals surface area contributed by atoms with Crippen molar-refractivity contribution in [3.63, 3.8) is 0 Å². The number of benzene rings is 2. The van der Waals surface area contributed by atoms with Gasteiger partial charge in [0.05, 0.1) is 7.11 Å². The fourth-order valence-corrected chi connectivity index (χ4v) is 5.03. The quantitative estimate of drug-likeness (QED) is 0.483. The van der Waals surface area contributed by atoms with E-state index in [1.807, 2.05) is 61.5 Å². The lowest BCUT2D eigenvalue weighted by Crippen LogP contribution is -2.51. The highest BCUT2D eigenvalue weighted by atomic mass is 32.2. The Morgan fingerprint density at radius 1 is 1.12 bits per heavy atom. The molecule has 0 bridgehead atoms. The molecule has 1 unspecified atom stereocenters. The van der Waals surface area contributed by atoms with Crippen molar-refractivity contribution in [2.75, 3.05) is 12.9 Å². The van der Waals surface area contributed by atoms with Crippen LogP contribution in [0.5, 0.6) is 5.75 Å². The molecule has 0 aliphatic heterocycles. The second kappa shape index (κ2) is 12.5. The molecule has 0 heterocycles. The first-order chi connectivity index (χ1) is 15.6. The van der Waals surface area contributed by atoms with Gasteiger partial charge in [0.1, 0.15) is 11.8 Å². The van der Waals surface area contributed by atoms with Gasteiger partial charge in [-0.25, -0.2) is 0 Å². The number of carbonyl (C=O) groups excluding carboxylic acids is 2. The molecule has 1 aliphatic carbocycles. The molecule has 1 atom stereocenters. The molecule has 2 amide bonds. The van der Waals surface area contributed by atoms with Gasteiger partial charge in [-0.05, 0) is 49.1 Å². The van der Waals surface area contributed by atoms with Crippen LogP contribution in [0.4, 0.5) is 0 Å². The molecule has 1 aliphatic rings. The number of carbonyl (C=O) groups is 2. The molecule has 1 saturated carbocycles. The van der Waals surface area contributed by atoms with Crippen molar-refractivity contribution >= 4 is 23.6 Å². The van der Waals surface area contributed by atoms with E-state index >= 15 is 0 Å². The first-order valence-corrected chi connectivity index (χ1v) is 12.5. The molecule has 6 heteroatoms. The maximum atomic E-state index is 13.3. The molecule has 1 fully saturated rings. The van der Waals surface area contributed by atoms with Crippen LogP contribution >= 0.6 is 11.8 Å². The van der Waals surface area contributed by atoms with Crippen molar-refractivity contribution in [2.24, 2.45) is 0 Å². The summed E-state index contributed by atoms with van der Waals surface area (Å²) in [5.74, 6) is 1.40. The lowest BCUT2D eigenvalue weighted by atomic mass is 10.1. The largest absolute Gasteiger partial charge is 0.497 e. The van der Waals surface area contributed by atoms with Crippen molar-refractivity contribution in [2.45, 2.75) is 69.0 Å². The Balaban J connectivity index is 1.71. The Morgan fingerprint density at radius 3 is 2.56 bits per heavy atom. The Bertz CT molecular complexity index is 868. The van der Waals surface area contributed by atoms with Gasteiger partial charge in [0.25, 0.3) is 0 Å². The van der Waals surface area contributed by atoms with Crippen molar-refractivity contribution in [1.29, 1.82) is 0 Å². The molecule has 5 nitrogen and oxygen atoms in total. The summed E-state index contributed by atoms with van der Waals surface area (Å²) in [7, 11) is 1.63. The molecule has 2 aromatic carbocycles. The maximum absolute atomic E-state index is 13.3. The van der Waals surface area contributed by atoms with Crippen LogP contribution in [0.15, 0.2) is 59.5 Å². The molecule has 2 aromatic rings. The average Bonchev–Trinajstić information content (AvgIpc) is 3.32. The van der Waals surface area contributed by atoms with Gasteiger partial charge in [-0.3, -0.25) is 9.59 Å². The lowest BCUT2D eigenvalue weighted by Gasteiger charge is -2.31. The van der Waals surface area contributed by atoms with Gasteiger partial charge >= 0.3 is 0 Å². The second-order valence-corrected chi connectivity index (χ2v) is 9.37. The molecule has 0 saturated heterocycles. The van der Waals surface area contributed by atoms with Crippen LogP contribution in [0, 0.1) is 0 Å². The van der Waals surface area contributed by atoms with Crippen LogP contribution in [0.25, 0.3) is 0 Å². The van der Waals surface area contributed by atoms with Gasteiger partial charge in [-0.2, -0.15) is 0 Å². The summed E-state index contributed by atoms with van der Waals surface area (Å²) >= 11 is 1.66. The van der Waals surface area contributed by atoms with E-state index in [0.29, 0.717) is 25.1 Å². The SMILES string of the molecule is CCC(C(=O)NC1CCCC1)N(Cc1cccc(OC)c1)C(=O)CCSc1ccccc1. The van der Waals surface area contributed by atoms with Crippen molar-refractivity contribution < 1.29 is 14.3 Å². The van der Waals surface area contributed by atoms with Gasteiger partial charge in [0.15, 0.2) is 0 Å². The van der Waals surface area contributed by atoms with E-state index in [2.05, 4.69) is 5.32 Å². The van der Waals surface area contributed by atoms with E-state index in [0.717, 1.165) is 41.9 Å². The summed E-state index contributed by atoms with van der Waals surface area (Å²) in [6.45, 7) is 2.37. The lowest BCUT2D eigenvalue weighted by molar-refractivity contribution is -0.141. The number of ether oxygens (including phenoxy) is 1. The summed E-state index contributed by atoms with van der Waals surface area (Å²) in [6.07, 6.45) is 5.34. The fraction of sp³-hybridized carbons (Fsp3) is 0.462. The first-order valence-electron chi connectivity index (χ1n) is 11.5. The Kier molecular flexibility index (Phi) is 9.47. The molecule has 0 radical (unpaired) electrons. The third-order valence-electron chi connectivity index (χ3n) is 5.90. The molecule has 3 rings (SSSR count). The molecule has 0 spiro atoms. The summed E-state index contributed by atoms with van der Waals surface area (Å²) in [4.78, 5) is 29.4. The smallest absolute Gasteiger partial charge is 0.243 e. The summed E-state index contributed by atoms with van der Waals surface area (Å²) < 4.78 is 5.35. The summed E-state index contributed by atoms with van der Waals surface area (Å²) in [5, 5.41) is 3.19. The summed E-state index contributed by atoms with van der Waals surface area (Å²) in [6, 6.07) is 17.6. The van der Waals surface area contributed by atoms with E-state index in [9.17, 15) is 9.59 Å². The number of hydrogen-bond acceptors (Lipinski definition) is 4. The fourth-order valence-electron chi connectivity index (χ4n) is 4.17. The predicted octanol–water partition coefficient (Wildman–Crippen LogP) is 5.04. The number of thioether (sulfide) groups is 1. The zero-order valence-electron chi connectivity index (χ0n) is 19.1. The third-order valence-corrected chi connectivity index (χ3v) is 6.92. The van der Waals surface area contributed by atoms with Crippen LogP contribution in [-0.2, 0) is 16.1 Å². The highest BCUT2D eigenvalue weighted by Crippen LogP contribution is 2.22. The molecule has 32 heavy (non-hydrogen) atoms. The van der Waals surface area contributed by atoms with Gasteiger partial charge in [0.2, 0.25) is 11.8 Å². The van der Waals surface area contributed by atoms with Crippen molar-refractivity contribution in [1.82, 2.24) is 10.2 Å². The standard InChI is InChI=1S/C26H34N2O3S/c1-3-24(26(30)27-21-11-7-8-12-21)28(19-20-10-9-13-22(18-20)31-2)25(29)16-17-32-23-14-5-4-6-15-23/h4-6,9-10,13-15,18,21,24H,3,7-8,11-12,16-17,19H2,1-2H3,(H,27,30). The molecule has 0 aromatic heterocycles. The number of hydrogen-bond donors (Lipinski definition) is 1. The number of rotatable bonds is 11. The second-order valence-electron chi connectivity index (χ2n) is 8.20. The molecule has 1 N–H and O–H groups in total. The minimum Gasteiger partial charge on any atom is -0.497 e. The van der Waals surface area contributed by atoms with Gasteiger partial charge in [-0.1, -0.05) is 50.1 Å². The predicted molar refractivity (Wildman–Crippen MR) is 130 cm³/mol. The van der Waals surface area contributed by atoms with Crippen LogP contribution in [0.1, 0.15) is 51.0 Å². The number of methoxy groups -OCH3 is 1. The Hall–Kier alpha value is -2.47. The van der Waals surface area contributed by atoms with E-state index < -0.39 is 6.04 Å². The Morgan fingerprint density at radius 2 is 1.88 bits per heavy atom. The molecular weight excluding hydrogens is 420 g/mol. The Labute approximate surface area is 195 Å². The van der Waals surface area contributed by atoms with Crippen molar-refractivity contribution in [3.05, 3.63) is 60.2 Å². The maximum Gasteiger partial charge on any atom is 0.243 e. The molecule has 172 valence electrons. The van der Waals surface area contributed by atoms with Crippen LogP contribution in [0.2, 0.25) is 0 Å². The zero-order valence-corrected chi connectivity index (χ0v) is 19.9. The van der Waals surface area contributed by atoms with E-state index in [1.54, 1.807) is 23.8 Å². The number of nitrogens with one attached hydrogen (secondary N) is 1. The topological polar surface area (TPSA) is 58.6 Å². The van der Waals surface area contributed by atoms with Crippen molar-refractivity contribution in [3.8, 4) is 5.75 Å². The van der Waals surface area contributed by atoms with E-state index in [1.165, 1.54) is 0 Å². The minimum absolute atomic E-state index is 0.00433. The third kappa shape index (κ3) is 7.02. The average molecular weight is 455 g/mol. The monoisotopic (exact) mass is 454 g/mol. The van der Waals surface area contributed by atoms with E-state index in [4.69, 9.17) is 4.74 Å². The molecular formula is C26H34N2O3S. The van der Waals surface area contributed by atoms with Gasteiger partial charge in [-0.15, -0.1) is 11.8 Å². The summed E-state index contributed by atoms with van der Waals surface area (Å²) in [5.41, 5.74) is 0.959. The van der Waals surface area contributed by atoms with Crippen LogP contribution in [-0.4, -0.2) is 41.7 Å². The first kappa shape index (κ1) is 24.2. The highest BCUT2D eigenvalue weighted by molar-refractivity contribution is 7.99. The number of amides is 2. The van der Waals surface area contributed by atoms with Crippen LogP contribution in [0.3, 0.4) is 0 Å². The normalized spacial score (nSPS) is 14.7. The van der Waals surface area contributed by atoms with Gasteiger partial charge in [0, 0.05) is 29.7 Å². The van der Waals surface area contributed by atoms with E-state index in [-0.39, 0.29) is 17.9 Å². The zero-order chi connectivity index (χ0) is 22.8. The highest BCUT2D eigenvalue weighted by Gasteiger charge is 2.30. The van der Waals surface area contributed by atoms with Gasteiger partial charge < -0.3 is 15.0 Å². The van der Waals surface area contributed by atoms with Crippen LogP contribution < -0.4 is 10.1 Å². The minimum atomic E-state index is -0.476.